The van der Waals surface area contributed by atoms with Gasteiger partial charge in [-0.2, -0.15) is 0 Å². The Morgan fingerprint density at radius 3 is 2.67 bits per heavy atom. The molecule has 0 aromatic heterocycles. The van der Waals surface area contributed by atoms with E-state index in [1.165, 1.54) is 0 Å². The van der Waals surface area contributed by atoms with E-state index in [0.29, 0.717) is 18.0 Å². The lowest BCUT2D eigenvalue weighted by Crippen LogP contribution is -2.24. The van der Waals surface area contributed by atoms with E-state index in [9.17, 15) is 4.79 Å². The van der Waals surface area contributed by atoms with E-state index in [2.05, 4.69) is 26.2 Å². The van der Waals surface area contributed by atoms with Crippen molar-refractivity contribution in [2.45, 2.75) is 12.8 Å². The molecule has 2 aromatic carbocycles. The maximum absolute atomic E-state index is 12.1. The van der Waals surface area contributed by atoms with E-state index in [-0.39, 0.29) is 5.91 Å². The normalized spacial score (nSPS) is 15.3. The van der Waals surface area contributed by atoms with Crippen molar-refractivity contribution in [2.75, 3.05) is 7.11 Å². The third kappa shape index (κ3) is 3.74. The fraction of sp³-hybridized carbons (Fsp3) is 0.158. The SMILES string of the molecule is COc1ccccc1CCC1=N/C(=C\c2ccccc2Br)C(=O)N1. The van der Waals surface area contributed by atoms with Crippen LogP contribution in [0.5, 0.6) is 5.75 Å². The molecule has 1 heterocycles. The first-order valence-electron chi connectivity index (χ1n) is 7.64. The summed E-state index contributed by atoms with van der Waals surface area (Å²) in [4.78, 5) is 16.5. The summed E-state index contributed by atoms with van der Waals surface area (Å²) in [6.45, 7) is 0. The second-order valence-electron chi connectivity index (χ2n) is 5.38. The standard InChI is InChI=1S/C19H17BrN2O2/c1-24-17-9-5-3-6-13(17)10-11-18-21-16(19(23)22-18)12-14-7-2-4-8-15(14)20/h2-9,12H,10-11H2,1H3,(H,21,22,23)/b16-12-. The predicted octanol–water partition coefficient (Wildman–Crippen LogP) is 3.96. The van der Waals surface area contributed by atoms with Crippen molar-refractivity contribution in [1.82, 2.24) is 5.32 Å². The van der Waals surface area contributed by atoms with Crippen molar-refractivity contribution in [3.8, 4) is 5.75 Å². The molecule has 0 radical (unpaired) electrons. The Kier molecular flexibility index (Phi) is 5.11. The minimum atomic E-state index is -0.166. The quantitative estimate of drug-likeness (QED) is 0.793. The number of hydrogen-bond donors (Lipinski definition) is 1. The van der Waals surface area contributed by atoms with Crippen molar-refractivity contribution >= 4 is 33.7 Å². The van der Waals surface area contributed by atoms with E-state index < -0.39 is 0 Å². The Morgan fingerprint density at radius 2 is 1.88 bits per heavy atom. The molecular weight excluding hydrogens is 368 g/mol. The number of para-hydroxylation sites is 1. The van der Waals surface area contributed by atoms with Gasteiger partial charge in [0.2, 0.25) is 0 Å². The summed E-state index contributed by atoms with van der Waals surface area (Å²) >= 11 is 3.48. The fourth-order valence-corrected chi connectivity index (χ4v) is 2.94. The maximum atomic E-state index is 12.1. The minimum Gasteiger partial charge on any atom is -0.496 e. The van der Waals surface area contributed by atoms with E-state index in [1.807, 2.05) is 48.5 Å². The number of ether oxygens (including phenoxy) is 1. The number of methoxy groups -OCH3 is 1. The van der Waals surface area contributed by atoms with E-state index in [4.69, 9.17) is 4.74 Å². The zero-order chi connectivity index (χ0) is 16.9. The second-order valence-corrected chi connectivity index (χ2v) is 6.23. The van der Waals surface area contributed by atoms with Gasteiger partial charge in [0.05, 0.1) is 7.11 Å². The van der Waals surface area contributed by atoms with Gasteiger partial charge in [0, 0.05) is 10.9 Å². The van der Waals surface area contributed by atoms with Crippen LogP contribution in [-0.4, -0.2) is 18.9 Å². The molecule has 0 saturated carbocycles. The minimum absolute atomic E-state index is 0.166. The van der Waals surface area contributed by atoms with Gasteiger partial charge in [-0.05, 0) is 35.8 Å². The summed E-state index contributed by atoms with van der Waals surface area (Å²) in [6, 6.07) is 15.6. The number of carbonyl (C=O) groups excluding carboxylic acids is 1. The van der Waals surface area contributed by atoms with Gasteiger partial charge in [-0.25, -0.2) is 4.99 Å². The van der Waals surface area contributed by atoms with Crippen LogP contribution in [0.15, 0.2) is 63.7 Å². The van der Waals surface area contributed by atoms with Crippen LogP contribution in [0.25, 0.3) is 6.08 Å². The highest BCUT2D eigenvalue weighted by Gasteiger charge is 2.20. The van der Waals surface area contributed by atoms with E-state index in [1.54, 1.807) is 13.2 Å². The topological polar surface area (TPSA) is 50.7 Å². The van der Waals surface area contributed by atoms with Gasteiger partial charge >= 0.3 is 0 Å². The molecule has 24 heavy (non-hydrogen) atoms. The molecule has 1 aliphatic rings. The van der Waals surface area contributed by atoms with Gasteiger partial charge in [0.15, 0.2) is 0 Å². The van der Waals surface area contributed by atoms with Gasteiger partial charge in [0.1, 0.15) is 17.3 Å². The summed E-state index contributed by atoms with van der Waals surface area (Å²) < 4.78 is 6.28. The Balaban J connectivity index is 1.74. The second kappa shape index (κ2) is 7.45. The number of halogens is 1. The van der Waals surface area contributed by atoms with E-state index in [0.717, 1.165) is 27.8 Å². The predicted molar refractivity (Wildman–Crippen MR) is 99.0 cm³/mol. The maximum Gasteiger partial charge on any atom is 0.275 e. The van der Waals surface area contributed by atoms with Crippen LogP contribution in [0, 0.1) is 0 Å². The summed E-state index contributed by atoms with van der Waals surface area (Å²) in [7, 11) is 1.66. The number of hydrogen-bond acceptors (Lipinski definition) is 3. The lowest BCUT2D eigenvalue weighted by molar-refractivity contribution is -0.115. The Labute approximate surface area is 149 Å². The number of amides is 1. The van der Waals surface area contributed by atoms with Gasteiger partial charge < -0.3 is 10.1 Å². The van der Waals surface area contributed by atoms with Gasteiger partial charge in [-0.3, -0.25) is 4.79 Å². The third-order valence-corrected chi connectivity index (χ3v) is 4.49. The van der Waals surface area contributed by atoms with Gasteiger partial charge in [-0.15, -0.1) is 0 Å². The number of nitrogens with zero attached hydrogens (tertiary/aromatic N) is 1. The zero-order valence-electron chi connectivity index (χ0n) is 13.3. The Morgan fingerprint density at radius 1 is 1.12 bits per heavy atom. The molecule has 0 atom stereocenters. The highest BCUT2D eigenvalue weighted by molar-refractivity contribution is 9.10. The molecular formula is C19H17BrN2O2. The molecule has 0 bridgehead atoms. The molecule has 5 heteroatoms. The van der Waals surface area contributed by atoms with Crippen LogP contribution in [-0.2, 0) is 11.2 Å². The molecule has 1 N–H and O–H groups in total. The smallest absolute Gasteiger partial charge is 0.275 e. The zero-order valence-corrected chi connectivity index (χ0v) is 14.8. The average molecular weight is 385 g/mol. The number of aryl methyl sites for hydroxylation is 1. The molecule has 3 rings (SSSR count). The Hall–Kier alpha value is -2.40. The first-order valence-corrected chi connectivity index (χ1v) is 8.43. The molecule has 0 fully saturated rings. The highest BCUT2D eigenvalue weighted by atomic mass is 79.9. The first kappa shape index (κ1) is 16.5. The number of carbonyl (C=O) groups is 1. The Bertz CT molecular complexity index is 828. The lowest BCUT2D eigenvalue weighted by Gasteiger charge is -2.07. The van der Waals surface area contributed by atoms with Crippen LogP contribution in [0.4, 0.5) is 0 Å². The summed E-state index contributed by atoms with van der Waals surface area (Å²) in [6.07, 6.45) is 3.19. The third-order valence-electron chi connectivity index (χ3n) is 3.77. The summed E-state index contributed by atoms with van der Waals surface area (Å²) in [5, 5.41) is 2.84. The van der Waals surface area contributed by atoms with Crippen LogP contribution >= 0.6 is 15.9 Å². The number of nitrogens with one attached hydrogen (secondary N) is 1. The van der Waals surface area contributed by atoms with Crippen molar-refractivity contribution < 1.29 is 9.53 Å². The monoisotopic (exact) mass is 384 g/mol. The van der Waals surface area contributed by atoms with Crippen LogP contribution in [0.1, 0.15) is 17.5 Å². The van der Waals surface area contributed by atoms with Crippen LogP contribution < -0.4 is 10.1 Å². The van der Waals surface area contributed by atoms with Gasteiger partial charge in [0.25, 0.3) is 5.91 Å². The van der Waals surface area contributed by atoms with Crippen molar-refractivity contribution in [3.63, 3.8) is 0 Å². The molecule has 0 spiro atoms. The molecule has 2 aromatic rings. The molecule has 0 aliphatic carbocycles. The van der Waals surface area contributed by atoms with Crippen molar-refractivity contribution in [1.29, 1.82) is 0 Å². The molecule has 1 aliphatic heterocycles. The average Bonchev–Trinajstić information content (AvgIpc) is 2.95. The number of benzene rings is 2. The molecule has 4 nitrogen and oxygen atoms in total. The highest BCUT2D eigenvalue weighted by Crippen LogP contribution is 2.22. The number of aliphatic imine (C=N–C) groups is 1. The molecule has 1 amide bonds. The number of rotatable bonds is 5. The fourth-order valence-electron chi connectivity index (χ4n) is 2.54. The van der Waals surface area contributed by atoms with Crippen LogP contribution in [0.3, 0.4) is 0 Å². The first-order chi connectivity index (χ1) is 11.7. The van der Waals surface area contributed by atoms with E-state index >= 15 is 0 Å². The molecule has 0 saturated heterocycles. The molecule has 122 valence electrons. The van der Waals surface area contributed by atoms with Crippen LogP contribution in [0.2, 0.25) is 0 Å². The number of amidine groups is 1. The largest absolute Gasteiger partial charge is 0.496 e. The molecule has 0 unspecified atom stereocenters. The summed E-state index contributed by atoms with van der Waals surface area (Å²) in [5.74, 6) is 1.37. The van der Waals surface area contributed by atoms with Gasteiger partial charge in [-0.1, -0.05) is 52.3 Å². The van der Waals surface area contributed by atoms with Crippen molar-refractivity contribution in [3.05, 3.63) is 69.8 Å². The summed E-state index contributed by atoms with van der Waals surface area (Å²) in [5.41, 5.74) is 2.45. The lowest BCUT2D eigenvalue weighted by atomic mass is 10.1. The van der Waals surface area contributed by atoms with Crippen molar-refractivity contribution in [2.24, 2.45) is 4.99 Å².